The molecule has 2 aromatic rings. The van der Waals surface area contributed by atoms with Crippen molar-refractivity contribution in [3.63, 3.8) is 0 Å². The van der Waals surface area contributed by atoms with E-state index in [9.17, 15) is 14.7 Å². The van der Waals surface area contributed by atoms with E-state index in [1.165, 1.54) is 0 Å². The molecule has 1 amide bonds. The zero-order chi connectivity index (χ0) is 16.8. The van der Waals surface area contributed by atoms with E-state index in [1.807, 2.05) is 26.0 Å². The maximum atomic E-state index is 12.3. The van der Waals surface area contributed by atoms with Crippen molar-refractivity contribution in [3.8, 4) is 0 Å². The van der Waals surface area contributed by atoms with Crippen molar-refractivity contribution in [2.75, 3.05) is 0 Å². The number of hydrogen-bond acceptors (Lipinski definition) is 4. The van der Waals surface area contributed by atoms with Crippen molar-refractivity contribution in [2.24, 2.45) is 10.9 Å². The van der Waals surface area contributed by atoms with Gasteiger partial charge in [-0.1, -0.05) is 32.0 Å². The number of pyridine rings is 1. The minimum Gasteiger partial charge on any atom is -1.00 e. The van der Waals surface area contributed by atoms with Crippen molar-refractivity contribution in [3.05, 3.63) is 41.6 Å². The minimum atomic E-state index is -1.10. The molecule has 0 bridgehead atoms. The van der Waals surface area contributed by atoms with Crippen LogP contribution < -0.4 is 34.9 Å². The Morgan fingerprint density at radius 1 is 1.33 bits per heavy atom. The molecule has 7 heteroatoms. The number of fused-ring (bicyclic) bond motifs is 1. The predicted octanol–water partition coefficient (Wildman–Crippen LogP) is -0.659. The van der Waals surface area contributed by atoms with Gasteiger partial charge in [-0.15, -0.1) is 0 Å². The van der Waals surface area contributed by atoms with Crippen molar-refractivity contribution < 1.29 is 45.7 Å². The van der Waals surface area contributed by atoms with E-state index < -0.39 is 11.5 Å². The molecule has 2 N–H and O–H groups in total. The van der Waals surface area contributed by atoms with Gasteiger partial charge in [-0.2, -0.15) is 0 Å². The molecule has 1 aromatic carbocycles. The Bertz CT molecular complexity index is 869. The molecule has 1 atom stereocenters. The number of amidine groups is 1. The Kier molecular flexibility index (Phi) is 5.13. The predicted molar refractivity (Wildman–Crippen MR) is 87.7 cm³/mol. The number of nitrogens with one attached hydrogen (secondary N) is 1. The van der Waals surface area contributed by atoms with Gasteiger partial charge in [0, 0.05) is 5.39 Å². The zero-order valence-corrected chi connectivity index (χ0v) is 16.1. The van der Waals surface area contributed by atoms with Crippen LogP contribution in [0.15, 0.2) is 35.3 Å². The van der Waals surface area contributed by atoms with Crippen LogP contribution in [0.4, 0.5) is 0 Å². The number of carboxylic acid groups (broad SMARTS) is 1. The van der Waals surface area contributed by atoms with Crippen LogP contribution in [-0.2, 0) is 4.79 Å². The van der Waals surface area contributed by atoms with Crippen molar-refractivity contribution in [1.29, 1.82) is 0 Å². The number of rotatable bonds is 3. The monoisotopic (exact) mass is 335 g/mol. The van der Waals surface area contributed by atoms with Crippen LogP contribution in [0.3, 0.4) is 0 Å². The molecule has 1 aliphatic heterocycles. The maximum Gasteiger partial charge on any atom is 1.00 e. The van der Waals surface area contributed by atoms with Gasteiger partial charge < -0.3 is 11.8 Å². The first-order valence-corrected chi connectivity index (χ1v) is 7.37. The second-order valence-electron chi connectivity index (χ2n) is 6.10. The normalized spacial score (nSPS) is 19.8. The van der Waals surface area contributed by atoms with E-state index in [-0.39, 0.29) is 59.9 Å². The van der Waals surface area contributed by atoms with Crippen LogP contribution in [0.25, 0.3) is 10.9 Å². The van der Waals surface area contributed by atoms with Gasteiger partial charge >= 0.3 is 35.5 Å². The number of carbonyl (C=O) groups excluding carboxylic acids is 1. The van der Waals surface area contributed by atoms with Gasteiger partial charge in [0.2, 0.25) is 0 Å². The van der Waals surface area contributed by atoms with E-state index >= 15 is 0 Å². The molecular weight excluding hydrogens is 317 g/mol. The average Bonchev–Trinajstić information content (AvgIpc) is 2.82. The van der Waals surface area contributed by atoms with Crippen LogP contribution in [0.2, 0.25) is 0 Å². The molecule has 1 unspecified atom stereocenters. The summed E-state index contributed by atoms with van der Waals surface area (Å²) in [6.45, 7) is 5.54. The van der Waals surface area contributed by atoms with Crippen LogP contribution >= 0.6 is 0 Å². The Morgan fingerprint density at radius 2 is 2.00 bits per heavy atom. The average molecular weight is 335 g/mol. The van der Waals surface area contributed by atoms with Gasteiger partial charge in [-0.3, -0.25) is 4.79 Å². The zero-order valence-electron chi connectivity index (χ0n) is 15.1. The SMILES string of the molecule is CC(C)C1(C)N=C(c2nc3ccccc3cc2C(=O)O)NC1=O.[H-].[Na+]. The summed E-state index contributed by atoms with van der Waals surface area (Å²) in [6.07, 6.45) is 0. The standard InChI is InChI=1S/C17H17N3O3.Na.H/c1-9(2)17(3)16(23)19-14(20-17)13-11(15(21)22)8-10-6-4-5-7-12(10)18-13;;/h4-9H,1-3H3,(H,21,22)(H,19,20,23);;/q;+1;-1. The fourth-order valence-corrected chi connectivity index (χ4v) is 2.51. The number of nitrogens with zero attached hydrogens (tertiary/aromatic N) is 2. The molecule has 0 saturated heterocycles. The van der Waals surface area contributed by atoms with E-state index in [1.54, 1.807) is 25.1 Å². The number of benzene rings is 1. The fraction of sp³-hybridized carbons (Fsp3) is 0.294. The van der Waals surface area contributed by atoms with Gasteiger partial charge in [-0.05, 0) is 25.0 Å². The third-order valence-corrected chi connectivity index (χ3v) is 4.34. The summed E-state index contributed by atoms with van der Waals surface area (Å²) in [6, 6.07) is 8.79. The van der Waals surface area contributed by atoms with Crippen LogP contribution in [0.1, 0.15) is 38.2 Å². The molecule has 24 heavy (non-hydrogen) atoms. The molecule has 1 aliphatic rings. The summed E-state index contributed by atoms with van der Waals surface area (Å²) in [5.74, 6) is -1.15. The van der Waals surface area contributed by atoms with Gasteiger partial charge in [0.15, 0.2) is 5.84 Å². The van der Waals surface area contributed by atoms with Crippen LogP contribution in [0, 0.1) is 5.92 Å². The third-order valence-electron chi connectivity index (χ3n) is 4.34. The summed E-state index contributed by atoms with van der Waals surface area (Å²) in [4.78, 5) is 32.7. The number of hydrogen-bond donors (Lipinski definition) is 2. The number of amides is 1. The first-order valence-electron chi connectivity index (χ1n) is 7.37. The van der Waals surface area contributed by atoms with Crippen molar-refractivity contribution in [2.45, 2.75) is 26.3 Å². The van der Waals surface area contributed by atoms with E-state index in [0.717, 1.165) is 5.39 Å². The number of carboxylic acids is 1. The second kappa shape index (κ2) is 6.63. The van der Waals surface area contributed by atoms with E-state index in [4.69, 9.17) is 0 Å². The Labute approximate surface area is 163 Å². The van der Waals surface area contributed by atoms with Gasteiger partial charge in [0.25, 0.3) is 5.91 Å². The molecule has 3 rings (SSSR count). The molecule has 0 fully saturated rings. The molecule has 0 aliphatic carbocycles. The number of aliphatic imine (C=N–C) groups is 1. The Balaban J connectivity index is 0.00000156. The molecule has 0 spiro atoms. The first kappa shape index (κ1) is 18.6. The summed E-state index contributed by atoms with van der Waals surface area (Å²) in [5, 5.41) is 12.9. The van der Waals surface area contributed by atoms with Crippen molar-refractivity contribution >= 4 is 28.6 Å². The van der Waals surface area contributed by atoms with Crippen LogP contribution in [-0.4, -0.2) is 33.3 Å². The summed E-state index contributed by atoms with van der Waals surface area (Å²) in [5.41, 5.74) is -0.0504. The molecule has 120 valence electrons. The second-order valence-corrected chi connectivity index (χ2v) is 6.10. The van der Waals surface area contributed by atoms with E-state index in [2.05, 4.69) is 15.3 Å². The summed E-state index contributed by atoms with van der Waals surface area (Å²) >= 11 is 0. The van der Waals surface area contributed by atoms with Gasteiger partial charge in [0.1, 0.15) is 11.2 Å². The number of para-hydroxylation sites is 1. The molecular formula is C17H18N3NaO3. The number of aromatic nitrogens is 1. The Hall–Kier alpha value is -1.76. The van der Waals surface area contributed by atoms with Gasteiger partial charge in [-0.25, -0.2) is 14.8 Å². The molecule has 6 nitrogen and oxygen atoms in total. The third kappa shape index (κ3) is 2.97. The first-order chi connectivity index (χ1) is 10.8. The fourth-order valence-electron chi connectivity index (χ4n) is 2.51. The topological polar surface area (TPSA) is 91.7 Å². The smallest absolute Gasteiger partial charge is 1.00 e. The maximum absolute atomic E-state index is 12.3. The minimum absolute atomic E-state index is 0. The summed E-state index contributed by atoms with van der Waals surface area (Å²) in [7, 11) is 0. The number of carbonyl (C=O) groups is 2. The van der Waals surface area contributed by atoms with Crippen LogP contribution in [0.5, 0.6) is 0 Å². The quantitative estimate of drug-likeness (QED) is 0.729. The molecule has 2 heterocycles. The molecule has 0 radical (unpaired) electrons. The largest absolute Gasteiger partial charge is 1.00 e. The number of aromatic carboxylic acids is 1. The van der Waals surface area contributed by atoms with E-state index in [0.29, 0.717) is 5.52 Å². The summed E-state index contributed by atoms with van der Waals surface area (Å²) < 4.78 is 0. The Morgan fingerprint density at radius 3 is 2.58 bits per heavy atom. The molecule has 0 saturated carbocycles. The molecule has 1 aromatic heterocycles. The van der Waals surface area contributed by atoms with Crippen molar-refractivity contribution in [1.82, 2.24) is 10.3 Å². The van der Waals surface area contributed by atoms with Gasteiger partial charge in [0.05, 0.1) is 11.1 Å².